The molecule has 4 unspecified atom stereocenters. The monoisotopic (exact) mass is 425 g/mol. The van der Waals surface area contributed by atoms with Gasteiger partial charge in [-0.2, -0.15) is 0 Å². The third kappa shape index (κ3) is 5.26. The zero-order valence-electron chi connectivity index (χ0n) is 17.4. The molecule has 2 rings (SSSR count). The number of nitrogens with two attached hydrogens (primary N) is 2. The van der Waals surface area contributed by atoms with Crippen LogP contribution in [0.25, 0.3) is 0 Å². The minimum atomic E-state index is -1.13. The maximum Gasteiger partial charge on any atom is 0.326 e. The molecule has 0 aromatic heterocycles. The van der Waals surface area contributed by atoms with Gasteiger partial charge in [0.25, 0.3) is 0 Å². The van der Waals surface area contributed by atoms with Crippen molar-refractivity contribution in [3.8, 4) is 0 Å². The fourth-order valence-electron chi connectivity index (χ4n) is 4.05. The third-order valence-electron chi connectivity index (χ3n) is 5.63. The highest BCUT2D eigenvalue weighted by Gasteiger charge is 2.41. The number of carbonyl (C=O) groups excluding carboxylic acids is 4. The normalized spacial score (nSPS) is 23.3. The molecule has 2 aliphatic rings. The van der Waals surface area contributed by atoms with Gasteiger partial charge in [0.1, 0.15) is 18.1 Å². The van der Waals surface area contributed by atoms with E-state index in [0.717, 1.165) is 0 Å². The molecule has 0 aromatic rings. The van der Waals surface area contributed by atoms with E-state index in [-0.39, 0.29) is 12.3 Å². The SMILES string of the molecule is CC(C)C(NC(=O)C1CCCN1C(=O)C(N)CC(N)=O)C(=O)N1CCCC1C(=O)O. The smallest absolute Gasteiger partial charge is 0.326 e. The van der Waals surface area contributed by atoms with Crippen molar-refractivity contribution >= 4 is 29.6 Å². The zero-order valence-corrected chi connectivity index (χ0v) is 17.4. The minimum absolute atomic E-state index is 0.279. The number of amides is 4. The van der Waals surface area contributed by atoms with E-state index in [1.54, 1.807) is 13.8 Å². The van der Waals surface area contributed by atoms with Gasteiger partial charge < -0.3 is 31.7 Å². The Balaban J connectivity index is 2.10. The molecule has 0 aromatic carbocycles. The van der Waals surface area contributed by atoms with E-state index in [9.17, 15) is 29.1 Å². The molecule has 0 saturated carbocycles. The van der Waals surface area contributed by atoms with Crippen LogP contribution in [0, 0.1) is 5.92 Å². The number of hydrogen-bond donors (Lipinski definition) is 4. The van der Waals surface area contributed by atoms with E-state index in [1.807, 2.05) is 0 Å². The van der Waals surface area contributed by atoms with Crippen LogP contribution in [-0.4, -0.2) is 81.8 Å². The number of carboxylic acid groups (broad SMARTS) is 1. The molecule has 2 fully saturated rings. The van der Waals surface area contributed by atoms with Crippen LogP contribution in [0.5, 0.6) is 0 Å². The first-order valence-corrected chi connectivity index (χ1v) is 10.2. The van der Waals surface area contributed by atoms with Gasteiger partial charge in [-0.1, -0.05) is 13.8 Å². The summed E-state index contributed by atoms with van der Waals surface area (Å²) in [4.78, 5) is 63.6. The van der Waals surface area contributed by atoms with E-state index in [4.69, 9.17) is 11.5 Å². The van der Waals surface area contributed by atoms with Crippen LogP contribution in [0.3, 0.4) is 0 Å². The number of hydrogen-bond acceptors (Lipinski definition) is 6. The predicted molar refractivity (Wildman–Crippen MR) is 106 cm³/mol. The molecule has 6 N–H and O–H groups in total. The standard InChI is InChI=1S/C19H31N5O6/c1-10(2)15(18(28)24-8-4-6-13(24)19(29)30)22-16(26)12-5-3-7-23(12)17(27)11(20)9-14(21)25/h10-13,15H,3-9,20H2,1-2H3,(H2,21,25)(H,22,26)(H,29,30). The highest BCUT2D eigenvalue weighted by molar-refractivity contribution is 5.95. The van der Waals surface area contributed by atoms with E-state index in [0.29, 0.717) is 38.8 Å². The molecule has 4 amide bonds. The van der Waals surface area contributed by atoms with Crippen molar-refractivity contribution in [3.63, 3.8) is 0 Å². The maximum atomic E-state index is 13.0. The summed E-state index contributed by atoms with van der Waals surface area (Å²) in [6.45, 7) is 4.16. The molecule has 0 aliphatic carbocycles. The van der Waals surface area contributed by atoms with Crippen molar-refractivity contribution in [1.29, 1.82) is 0 Å². The molecule has 0 radical (unpaired) electrons. The zero-order chi connectivity index (χ0) is 22.6. The number of primary amides is 1. The molecule has 2 heterocycles. The lowest BCUT2D eigenvalue weighted by Crippen LogP contribution is -2.58. The lowest BCUT2D eigenvalue weighted by atomic mass is 10.0. The Bertz CT molecular complexity index is 712. The Hall–Kier alpha value is -2.69. The van der Waals surface area contributed by atoms with E-state index < -0.39 is 53.8 Å². The third-order valence-corrected chi connectivity index (χ3v) is 5.63. The summed E-state index contributed by atoms with van der Waals surface area (Å²) in [6.07, 6.45) is 1.64. The molecule has 2 saturated heterocycles. The average molecular weight is 425 g/mol. The van der Waals surface area contributed by atoms with Crippen molar-refractivity contribution in [2.24, 2.45) is 17.4 Å². The second kappa shape index (κ2) is 9.88. The van der Waals surface area contributed by atoms with Crippen molar-refractivity contribution in [2.75, 3.05) is 13.1 Å². The van der Waals surface area contributed by atoms with Gasteiger partial charge in [0.15, 0.2) is 0 Å². The van der Waals surface area contributed by atoms with Crippen molar-refractivity contribution in [1.82, 2.24) is 15.1 Å². The van der Waals surface area contributed by atoms with Gasteiger partial charge in [-0.3, -0.25) is 19.2 Å². The Morgan fingerprint density at radius 2 is 1.53 bits per heavy atom. The van der Waals surface area contributed by atoms with Crippen LogP contribution >= 0.6 is 0 Å². The van der Waals surface area contributed by atoms with Gasteiger partial charge in [0, 0.05) is 13.1 Å². The first kappa shape index (κ1) is 23.6. The summed E-state index contributed by atoms with van der Waals surface area (Å²) < 4.78 is 0. The number of aliphatic carboxylic acids is 1. The quantitative estimate of drug-likeness (QED) is 0.362. The second-order valence-corrected chi connectivity index (χ2v) is 8.22. The highest BCUT2D eigenvalue weighted by atomic mass is 16.4. The summed E-state index contributed by atoms with van der Waals surface area (Å²) in [7, 11) is 0. The summed E-state index contributed by atoms with van der Waals surface area (Å²) in [5.41, 5.74) is 10.8. The number of likely N-dealkylation sites (tertiary alicyclic amines) is 2. The Kier molecular flexibility index (Phi) is 7.77. The molecule has 0 bridgehead atoms. The molecule has 11 heteroatoms. The number of nitrogens with one attached hydrogen (secondary N) is 1. The van der Waals surface area contributed by atoms with Crippen LogP contribution < -0.4 is 16.8 Å². The van der Waals surface area contributed by atoms with Crippen molar-refractivity contribution in [2.45, 2.75) is 70.1 Å². The van der Waals surface area contributed by atoms with E-state index in [2.05, 4.69) is 5.32 Å². The molecule has 11 nitrogen and oxygen atoms in total. The largest absolute Gasteiger partial charge is 0.480 e. The van der Waals surface area contributed by atoms with Gasteiger partial charge >= 0.3 is 5.97 Å². The fourth-order valence-corrected chi connectivity index (χ4v) is 4.05. The Morgan fingerprint density at radius 3 is 2.03 bits per heavy atom. The molecular formula is C19H31N5O6. The van der Waals surface area contributed by atoms with Crippen molar-refractivity contribution in [3.05, 3.63) is 0 Å². The second-order valence-electron chi connectivity index (χ2n) is 8.22. The van der Waals surface area contributed by atoms with Crippen molar-refractivity contribution < 1.29 is 29.1 Å². The van der Waals surface area contributed by atoms with Gasteiger partial charge in [0.05, 0.1) is 12.5 Å². The van der Waals surface area contributed by atoms with Gasteiger partial charge in [-0.25, -0.2) is 4.79 Å². The summed E-state index contributed by atoms with van der Waals surface area (Å²) in [6, 6.07) is -3.74. The summed E-state index contributed by atoms with van der Waals surface area (Å²) >= 11 is 0. The molecule has 0 spiro atoms. The summed E-state index contributed by atoms with van der Waals surface area (Å²) in [5, 5.41) is 12.1. The van der Waals surface area contributed by atoms with Gasteiger partial charge in [-0.05, 0) is 31.6 Å². The van der Waals surface area contributed by atoms with E-state index >= 15 is 0 Å². The minimum Gasteiger partial charge on any atom is -0.480 e. The van der Waals surface area contributed by atoms with Crippen LogP contribution in [0.4, 0.5) is 0 Å². The summed E-state index contributed by atoms with van der Waals surface area (Å²) in [5.74, 6) is -3.52. The van der Waals surface area contributed by atoms with Crippen LogP contribution in [-0.2, 0) is 24.0 Å². The first-order chi connectivity index (χ1) is 14.0. The number of carboxylic acids is 1. The number of carbonyl (C=O) groups is 5. The molecule has 168 valence electrons. The molecule has 2 aliphatic heterocycles. The van der Waals surface area contributed by atoms with Crippen LogP contribution in [0.2, 0.25) is 0 Å². The topological polar surface area (TPSA) is 176 Å². The molecule has 4 atom stereocenters. The highest BCUT2D eigenvalue weighted by Crippen LogP contribution is 2.22. The molecular weight excluding hydrogens is 394 g/mol. The lowest BCUT2D eigenvalue weighted by molar-refractivity contribution is -0.150. The van der Waals surface area contributed by atoms with Gasteiger partial charge in [-0.15, -0.1) is 0 Å². The van der Waals surface area contributed by atoms with Gasteiger partial charge in [0.2, 0.25) is 23.6 Å². The number of nitrogens with zero attached hydrogens (tertiary/aromatic N) is 2. The lowest BCUT2D eigenvalue weighted by Gasteiger charge is -2.32. The van der Waals surface area contributed by atoms with Crippen LogP contribution in [0.15, 0.2) is 0 Å². The first-order valence-electron chi connectivity index (χ1n) is 10.2. The Labute approximate surface area is 175 Å². The number of rotatable bonds is 8. The molecule has 30 heavy (non-hydrogen) atoms. The van der Waals surface area contributed by atoms with E-state index in [1.165, 1.54) is 9.80 Å². The van der Waals surface area contributed by atoms with Crippen LogP contribution in [0.1, 0.15) is 46.0 Å². The predicted octanol–water partition coefficient (Wildman–Crippen LogP) is -1.60. The maximum absolute atomic E-state index is 13.0. The fraction of sp³-hybridized carbons (Fsp3) is 0.737. The average Bonchev–Trinajstić information content (AvgIpc) is 3.33. The Morgan fingerprint density at radius 1 is 1.00 bits per heavy atom.